The van der Waals surface area contributed by atoms with Gasteiger partial charge >= 0.3 is 0 Å². The van der Waals surface area contributed by atoms with E-state index in [0.29, 0.717) is 12.6 Å². The maximum absolute atomic E-state index is 5.54. The van der Waals surface area contributed by atoms with Gasteiger partial charge in [0.15, 0.2) is 11.6 Å². The van der Waals surface area contributed by atoms with E-state index in [1.807, 2.05) is 0 Å². The van der Waals surface area contributed by atoms with E-state index in [1.165, 1.54) is 44.9 Å². The highest BCUT2D eigenvalue weighted by Crippen LogP contribution is 2.45. The molecule has 1 aliphatic heterocycles. The Bertz CT molecular complexity index is 556. The first-order chi connectivity index (χ1) is 12.2. The number of nitrogens with zero attached hydrogens (tertiary/aromatic N) is 2. The van der Waals surface area contributed by atoms with Crippen LogP contribution in [-0.2, 0) is 11.3 Å². The molecule has 25 heavy (non-hydrogen) atoms. The summed E-state index contributed by atoms with van der Waals surface area (Å²) in [5, 5.41) is 3.62. The number of ether oxygens (including phenoxy) is 2. The van der Waals surface area contributed by atoms with Crippen LogP contribution < -0.4 is 10.1 Å². The van der Waals surface area contributed by atoms with Crippen molar-refractivity contribution in [3.63, 3.8) is 0 Å². The molecular weight excluding hydrogens is 330 g/mol. The lowest BCUT2D eigenvalue weighted by molar-refractivity contribution is 0.178. The normalized spacial score (nSPS) is 26.2. The van der Waals surface area contributed by atoms with Crippen molar-refractivity contribution in [2.75, 3.05) is 19.5 Å². The van der Waals surface area contributed by atoms with Crippen molar-refractivity contribution in [2.24, 2.45) is 0 Å². The highest BCUT2D eigenvalue weighted by Gasteiger charge is 2.39. The van der Waals surface area contributed by atoms with Gasteiger partial charge < -0.3 is 14.8 Å². The largest absolute Gasteiger partial charge is 0.491 e. The molecule has 2 aliphatic rings. The van der Waals surface area contributed by atoms with Gasteiger partial charge in [0.2, 0.25) is 0 Å². The molecule has 1 aliphatic carbocycles. The topological polar surface area (TPSA) is 56.3 Å². The van der Waals surface area contributed by atoms with Crippen LogP contribution in [0.3, 0.4) is 0 Å². The van der Waals surface area contributed by atoms with Crippen LogP contribution in [0, 0.1) is 0 Å². The number of aromatic nitrogens is 2. The molecule has 2 fully saturated rings. The summed E-state index contributed by atoms with van der Waals surface area (Å²) >= 11 is 0. The first-order valence-corrected chi connectivity index (χ1v) is 12.8. The summed E-state index contributed by atoms with van der Waals surface area (Å²) in [6, 6.07) is 3.63. The van der Waals surface area contributed by atoms with Crippen LogP contribution in [0.2, 0.25) is 24.2 Å². The Balaban J connectivity index is 1.60. The predicted molar refractivity (Wildman–Crippen MR) is 104 cm³/mol. The Morgan fingerprint density at radius 2 is 1.80 bits per heavy atom. The van der Waals surface area contributed by atoms with E-state index in [9.17, 15) is 0 Å². The second kappa shape index (κ2) is 8.49. The van der Waals surface area contributed by atoms with Crippen LogP contribution in [0.25, 0.3) is 0 Å². The molecule has 1 N–H and O–H groups in total. The molecule has 1 saturated carbocycles. The molecule has 0 spiro atoms. The predicted octanol–water partition coefficient (Wildman–Crippen LogP) is 4.62. The third-order valence-corrected chi connectivity index (χ3v) is 12.0. The minimum Gasteiger partial charge on any atom is -0.491 e. The van der Waals surface area contributed by atoms with Crippen molar-refractivity contribution < 1.29 is 9.47 Å². The van der Waals surface area contributed by atoms with E-state index < -0.39 is 8.07 Å². The van der Waals surface area contributed by atoms with E-state index >= 15 is 0 Å². The molecule has 0 atom stereocenters. The van der Waals surface area contributed by atoms with Crippen LogP contribution in [0.5, 0.6) is 5.75 Å². The van der Waals surface area contributed by atoms with E-state index in [4.69, 9.17) is 9.47 Å². The van der Waals surface area contributed by atoms with Gasteiger partial charge in [-0.1, -0.05) is 50.7 Å². The number of nitrogens with one attached hydrogen (secondary N) is 1. The summed E-state index contributed by atoms with van der Waals surface area (Å²) in [6.45, 7) is 3.12. The number of methoxy groups -OCH3 is 2. The molecule has 0 aromatic carbocycles. The van der Waals surface area contributed by atoms with Gasteiger partial charge in [0.25, 0.3) is 0 Å². The monoisotopic (exact) mass is 363 g/mol. The summed E-state index contributed by atoms with van der Waals surface area (Å²) in [5.74, 6) is 1.54. The van der Waals surface area contributed by atoms with Crippen LogP contribution in [0.4, 0.5) is 5.82 Å². The van der Waals surface area contributed by atoms with E-state index in [-0.39, 0.29) is 0 Å². The third-order valence-electron chi connectivity index (χ3n) is 6.41. The summed E-state index contributed by atoms with van der Waals surface area (Å²) in [4.78, 5) is 8.69. The molecule has 2 heterocycles. The zero-order valence-electron chi connectivity index (χ0n) is 16.0. The fourth-order valence-electron chi connectivity index (χ4n) is 4.86. The third kappa shape index (κ3) is 4.34. The average Bonchev–Trinajstić information content (AvgIpc) is 2.63. The van der Waals surface area contributed by atoms with Crippen molar-refractivity contribution in [1.29, 1.82) is 0 Å². The summed E-state index contributed by atoms with van der Waals surface area (Å²) < 4.78 is 10.8. The molecule has 0 bridgehead atoms. The number of hydrogen-bond donors (Lipinski definition) is 1. The van der Waals surface area contributed by atoms with E-state index in [1.54, 1.807) is 32.6 Å². The smallest absolute Gasteiger partial charge is 0.185 e. The Morgan fingerprint density at radius 1 is 1.08 bits per heavy atom. The van der Waals surface area contributed by atoms with Gasteiger partial charge in [-0.05, 0) is 18.4 Å². The molecule has 3 rings (SSSR count). The Morgan fingerprint density at radius 3 is 2.44 bits per heavy atom. The minimum atomic E-state index is -0.989. The summed E-state index contributed by atoms with van der Waals surface area (Å²) in [7, 11) is 2.36. The maximum Gasteiger partial charge on any atom is 0.185 e. The molecule has 0 unspecified atom stereocenters. The van der Waals surface area contributed by atoms with Gasteiger partial charge in [0.05, 0.1) is 21.8 Å². The van der Waals surface area contributed by atoms with Crippen LogP contribution >= 0.6 is 0 Å². The van der Waals surface area contributed by atoms with Crippen molar-refractivity contribution in [2.45, 2.75) is 81.8 Å². The highest BCUT2D eigenvalue weighted by molar-refractivity contribution is 6.80. The van der Waals surface area contributed by atoms with Gasteiger partial charge in [0.1, 0.15) is 12.0 Å². The maximum atomic E-state index is 5.54. The van der Waals surface area contributed by atoms with Gasteiger partial charge in [-0.2, -0.15) is 0 Å². The van der Waals surface area contributed by atoms with Crippen molar-refractivity contribution in [1.82, 2.24) is 9.97 Å². The second-order valence-corrected chi connectivity index (χ2v) is 13.2. The SMILES string of the molecule is COCc1ncnc(NC2CCC([Si]3(C)CCCCC3)CC2)c1OC. The summed E-state index contributed by atoms with van der Waals surface area (Å²) in [5.41, 5.74) is 1.83. The Hall–Kier alpha value is -1.14. The van der Waals surface area contributed by atoms with Crippen LogP contribution in [0.1, 0.15) is 50.6 Å². The first kappa shape index (κ1) is 18.6. The summed E-state index contributed by atoms with van der Waals surface area (Å²) in [6.07, 6.45) is 11.3. The van der Waals surface area contributed by atoms with Gasteiger partial charge in [-0.25, -0.2) is 9.97 Å². The van der Waals surface area contributed by atoms with Crippen molar-refractivity contribution in [3.8, 4) is 5.75 Å². The molecule has 5 nitrogen and oxygen atoms in total. The molecule has 1 aromatic heterocycles. The minimum absolute atomic E-state index is 0.442. The van der Waals surface area contributed by atoms with E-state index in [2.05, 4.69) is 21.8 Å². The first-order valence-electron chi connectivity index (χ1n) is 9.79. The molecule has 140 valence electrons. The molecule has 1 saturated heterocycles. The lowest BCUT2D eigenvalue weighted by atomic mass is 9.95. The van der Waals surface area contributed by atoms with E-state index in [0.717, 1.165) is 22.8 Å². The molecule has 0 radical (unpaired) electrons. The van der Waals surface area contributed by atoms with Crippen LogP contribution in [-0.4, -0.2) is 38.3 Å². The highest BCUT2D eigenvalue weighted by atomic mass is 28.3. The fraction of sp³-hybridized carbons (Fsp3) is 0.789. The molecular formula is C19H33N3O2Si. The second-order valence-electron chi connectivity index (χ2n) is 8.04. The lowest BCUT2D eigenvalue weighted by Crippen LogP contribution is -2.41. The van der Waals surface area contributed by atoms with Gasteiger partial charge in [-0.3, -0.25) is 0 Å². The quantitative estimate of drug-likeness (QED) is 0.747. The average molecular weight is 364 g/mol. The van der Waals surface area contributed by atoms with Gasteiger partial charge in [0, 0.05) is 13.2 Å². The number of hydrogen-bond acceptors (Lipinski definition) is 5. The van der Waals surface area contributed by atoms with Crippen molar-refractivity contribution >= 4 is 13.9 Å². The lowest BCUT2D eigenvalue weighted by Gasteiger charge is -2.42. The zero-order chi connectivity index (χ0) is 17.7. The van der Waals surface area contributed by atoms with Crippen molar-refractivity contribution in [3.05, 3.63) is 12.0 Å². The van der Waals surface area contributed by atoms with Crippen LogP contribution in [0.15, 0.2) is 6.33 Å². The number of rotatable bonds is 6. The number of anilines is 1. The zero-order valence-corrected chi connectivity index (χ0v) is 17.0. The van der Waals surface area contributed by atoms with Gasteiger partial charge in [-0.15, -0.1) is 0 Å². The molecule has 6 heteroatoms. The standard InChI is InChI=1S/C19H33N3O2Si/c1-23-13-17-18(24-2)19(21-14-20-17)22-15-7-9-16(10-8-15)25(3)11-5-4-6-12-25/h14-16H,4-13H2,1-3H3,(H,20,21,22). The Labute approximate surface area is 152 Å². The fourth-order valence-corrected chi connectivity index (χ4v) is 9.77. The molecule has 1 aromatic rings. The molecule has 0 amide bonds. The Kier molecular flexibility index (Phi) is 6.33.